The quantitative estimate of drug-likeness (QED) is 0.554. The maximum Gasteiger partial charge on any atom is 0.322 e. The normalized spacial score (nSPS) is 23.1. The molecule has 6 heteroatoms. The number of carbonyl (C=O) groups is 2. The first-order valence-electron chi connectivity index (χ1n) is 11.1. The molecule has 0 aromatic heterocycles. The Morgan fingerprint density at radius 2 is 1.97 bits per heavy atom. The number of aliphatic carboxylic acids is 1. The van der Waals surface area contributed by atoms with Crippen LogP contribution in [0.5, 0.6) is 0 Å². The van der Waals surface area contributed by atoms with Gasteiger partial charge in [-0.25, -0.2) is 4.79 Å². The molecule has 31 heavy (non-hydrogen) atoms. The van der Waals surface area contributed by atoms with Crippen molar-refractivity contribution in [2.24, 2.45) is 10.8 Å². The van der Waals surface area contributed by atoms with Gasteiger partial charge in [0.15, 0.2) is 0 Å². The standard InChI is InChI=1S/C25H35ClN2O3/c1-23(2,3)10-8-17-6-7-18(14-20(17)26)25-12-11-24(4,5)15-19(25)16-28(22(31)27-25)13-9-21(29)30/h6-7,14,16H,8-13,15H2,1-5H3,(H,27,31)(H,29,30)/t25-/m0/s1. The first-order chi connectivity index (χ1) is 14.3. The van der Waals surface area contributed by atoms with Crippen molar-refractivity contribution in [2.75, 3.05) is 6.54 Å². The molecule has 1 aromatic carbocycles. The van der Waals surface area contributed by atoms with Crippen LogP contribution in [0.1, 0.15) is 77.8 Å². The summed E-state index contributed by atoms with van der Waals surface area (Å²) in [6, 6.07) is 5.96. The van der Waals surface area contributed by atoms with Crippen LogP contribution in [0.4, 0.5) is 4.79 Å². The molecule has 0 radical (unpaired) electrons. The lowest BCUT2D eigenvalue weighted by Gasteiger charge is -2.50. The number of nitrogens with zero attached hydrogens (tertiary/aromatic N) is 1. The Morgan fingerprint density at radius 3 is 2.58 bits per heavy atom. The van der Waals surface area contributed by atoms with Crippen LogP contribution in [0.15, 0.2) is 30.0 Å². The van der Waals surface area contributed by atoms with Crippen molar-refractivity contribution in [1.29, 1.82) is 0 Å². The number of carboxylic acids is 1. The van der Waals surface area contributed by atoms with Gasteiger partial charge in [0.25, 0.3) is 0 Å². The number of carboxylic acid groups (broad SMARTS) is 1. The fourth-order valence-corrected chi connectivity index (χ4v) is 4.83. The average Bonchev–Trinajstić information content (AvgIpc) is 2.64. The van der Waals surface area contributed by atoms with Crippen LogP contribution in [0.25, 0.3) is 0 Å². The van der Waals surface area contributed by atoms with Crippen LogP contribution in [0.2, 0.25) is 5.02 Å². The van der Waals surface area contributed by atoms with Gasteiger partial charge < -0.3 is 15.3 Å². The van der Waals surface area contributed by atoms with Crippen LogP contribution < -0.4 is 5.32 Å². The molecule has 1 heterocycles. The van der Waals surface area contributed by atoms with Crippen LogP contribution >= 0.6 is 11.6 Å². The smallest absolute Gasteiger partial charge is 0.322 e. The molecule has 3 rings (SSSR count). The summed E-state index contributed by atoms with van der Waals surface area (Å²) in [5, 5.41) is 13.0. The molecule has 0 saturated heterocycles. The molecule has 5 nitrogen and oxygen atoms in total. The van der Waals surface area contributed by atoms with Crippen molar-refractivity contribution in [3.05, 3.63) is 46.1 Å². The number of rotatable bonds is 6. The molecule has 2 amide bonds. The van der Waals surface area contributed by atoms with Gasteiger partial charge in [-0.2, -0.15) is 0 Å². The molecule has 0 unspecified atom stereocenters. The SMILES string of the molecule is CC(C)(C)CCc1ccc([C@@]23CCC(C)(C)CC2=CN(CCC(=O)O)C(=O)N3)cc1Cl. The number of nitrogens with one attached hydrogen (secondary N) is 1. The molecule has 0 bridgehead atoms. The summed E-state index contributed by atoms with van der Waals surface area (Å²) in [7, 11) is 0. The van der Waals surface area contributed by atoms with Gasteiger partial charge in [0, 0.05) is 17.8 Å². The van der Waals surface area contributed by atoms with E-state index in [1.807, 2.05) is 12.3 Å². The molecule has 1 aromatic rings. The van der Waals surface area contributed by atoms with Crippen molar-refractivity contribution >= 4 is 23.6 Å². The molecule has 1 fully saturated rings. The van der Waals surface area contributed by atoms with E-state index < -0.39 is 11.5 Å². The van der Waals surface area contributed by atoms with Crippen LogP contribution in [-0.4, -0.2) is 28.6 Å². The van der Waals surface area contributed by atoms with Gasteiger partial charge in [0.2, 0.25) is 0 Å². The van der Waals surface area contributed by atoms with E-state index in [1.54, 1.807) is 0 Å². The minimum atomic E-state index is -0.912. The van der Waals surface area contributed by atoms with Gasteiger partial charge in [0.1, 0.15) is 0 Å². The number of amides is 2. The summed E-state index contributed by atoms with van der Waals surface area (Å²) < 4.78 is 0. The second-order valence-corrected chi connectivity index (χ2v) is 11.4. The molecule has 1 atom stereocenters. The number of aryl methyl sites for hydroxylation is 1. The van der Waals surface area contributed by atoms with Crippen molar-refractivity contribution in [3.8, 4) is 0 Å². The third-order valence-corrected chi connectivity index (χ3v) is 6.90. The summed E-state index contributed by atoms with van der Waals surface area (Å²) in [5.74, 6) is -0.912. The fourth-order valence-electron chi connectivity index (χ4n) is 4.55. The van der Waals surface area contributed by atoms with E-state index in [4.69, 9.17) is 16.7 Å². The average molecular weight is 447 g/mol. The topological polar surface area (TPSA) is 69.6 Å². The molecular formula is C25H35ClN2O3. The maximum atomic E-state index is 12.9. The number of urea groups is 1. The van der Waals surface area contributed by atoms with Gasteiger partial charge in [0.05, 0.1) is 12.0 Å². The summed E-state index contributed by atoms with van der Waals surface area (Å²) in [5.41, 5.74) is 3.02. The Hall–Kier alpha value is -2.01. The van der Waals surface area contributed by atoms with Gasteiger partial charge in [-0.05, 0) is 65.7 Å². The Bertz CT molecular complexity index is 901. The second-order valence-electron chi connectivity index (χ2n) is 11.0. The number of hydrogen-bond acceptors (Lipinski definition) is 2. The van der Waals surface area contributed by atoms with Crippen LogP contribution in [-0.2, 0) is 16.8 Å². The molecule has 170 valence electrons. The minimum absolute atomic E-state index is 0.0815. The van der Waals surface area contributed by atoms with Gasteiger partial charge in [-0.1, -0.05) is 58.4 Å². The van der Waals surface area contributed by atoms with E-state index >= 15 is 0 Å². The lowest BCUT2D eigenvalue weighted by molar-refractivity contribution is -0.137. The highest BCUT2D eigenvalue weighted by molar-refractivity contribution is 6.31. The van der Waals surface area contributed by atoms with Crippen LogP contribution in [0, 0.1) is 10.8 Å². The van der Waals surface area contributed by atoms with E-state index in [-0.39, 0.29) is 29.8 Å². The van der Waals surface area contributed by atoms with E-state index in [0.717, 1.165) is 53.8 Å². The molecule has 1 saturated carbocycles. The fraction of sp³-hybridized carbons (Fsp3) is 0.600. The lowest BCUT2D eigenvalue weighted by Crippen LogP contribution is -2.57. The first kappa shape index (κ1) is 23.6. The summed E-state index contributed by atoms with van der Waals surface area (Å²) in [6.07, 6.45) is 6.36. The third-order valence-electron chi connectivity index (χ3n) is 6.54. The van der Waals surface area contributed by atoms with Gasteiger partial charge >= 0.3 is 12.0 Å². The summed E-state index contributed by atoms with van der Waals surface area (Å²) in [6.45, 7) is 11.3. The first-order valence-corrected chi connectivity index (χ1v) is 11.5. The van der Waals surface area contributed by atoms with Crippen molar-refractivity contribution < 1.29 is 14.7 Å². The number of fused-ring (bicyclic) bond motifs is 1. The second kappa shape index (κ2) is 8.50. The largest absolute Gasteiger partial charge is 0.481 e. The van der Waals surface area contributed by atoms with E-state index in [2.05, 4.69) is 52.1 Å². The Morgan fingerprint density at radius 1 is 1.26 bits per heavy atom. The monoisotopic (exact) mass is 446 g/mol. The highest BCUT2D eigenvalue weighted by atomic mass is 35.5. The molecular weight excluding hydrogens is 412 g/mol. The van der Waals surface area contributed by atoms with E-state index in [0.29, 0.717) is 0 Å². The van der Waals surface area contributed by atoms with Crippen molar-refractivity contribution in [3.63, 3.8) is 0 Å². The Labute approximate surface area is 190 Å². The number of carbonyl (C=O) groups excluding carboxylic acids is 1. The van der Waals surface area contributed by atoms with Gasteiger partial charge in [-0.15, -0.1) is 0 Å². The molecule has 1 aliphatic heterocycles. The predicted molar refractivity (Wildman–Crippen MR) is 124 cm³/mol. The minimum Gasteiger partial charge on any atom is -0.481 e. The molecule has 0 spiro atoms. The molecule has 2 N–H and O–H groups in total. The van der Waals surface area contributed by atoms with Crippen molar-refractivity contribution in [1.82, 2.24) is 10.2 Å². The Balaban J connectivity index is 1.95. The van der Waals surface area contributed by atoms with Crippen molar-refractivity contribution in [2.45, 2.75) is 78.7 Å². The Kier molecular flexibility index (Phi) is 6.48. The van der Waals surface area contributed by atoms with Gasteiger partial charge in [-0.3, -0.25) is 4.79 Å². The molecule has 2 aliphatic rings. The van der Waals surface area contributed by atoms with Crippen LogP contribution in [0.3, 0.4) is 0 Å². The third kappa shape index (κ3) is 5.43. The lowest BCUT2D eigenvalue weighted by atomic mass is 9.63. The zero-order chi connectivity index (χ0) is 23.0. The zero-order valence-electron chi connectivity index (χ0n) is 19.3. The summed E-state index contributed by atoms with van der Waals surface area (Å²) >= 11 is 6.70. The maximum absolute atomic E-state index is 12.9. The zero-order valence-corrected chi connectivity index (χ0v) is 20.1. The highest BCUT2D eigenvalue weighted by Crippen LogP contribution is 2.50. The van der Waals surface area contributed by atoms with E-state index in [9.17, 15) is 9.59 Å². The number of halogens is 1. The number of benzene rings is 1. The molecule has 1 aliphatic carbocycles. The predicted octanol–water partition coefficient (Wildman–Crippen LogP) is 6.11. The number of hydrogen-bond donors (Lipinski definition) is 2. The highest BCUT2D eigenvalue weighted by Gasteiger charge is 2.47. The van der Waals surface area contributed by atoms with E-state index in [1.165, 1.54) is 4.90 Å². The summed E-state index contributed by atoms with van der Waals surface area (Å²) in [4.78, 5) is 25.4.